The predicted molar refractivity (Wildman–Crippen MR) is 117 cm³/mol. The summed E-state index contributed by atoms with van der Waals surface area (Å²) in [6.07, 6.45) is 0. The molecule has 6 nitrogen and oxygen atoms in total. The van der Waals surface area contributed by atoms with Gasteiger partial charge in [0.2, 0.25) is 10.0 Å². The number of carbonyl (C=O) groups excluding carboxylic acids is 1. The van der Waals surface area contributed by atoms with Crippen LogP contribution < -0.4 is 5.32 Å². The molecule has 2 aromatic carbocycles. The van der Waals surface area contributed by atoms with Crippen molar-refractivity contribution in [3.8, 4) is 0 Å². The van der Waals surface area contributed by atoms with Crippen LogP contribution in [0.15, 0.2) is 59.5 Å². The number of nitrogens with two attached hydrogens (primary N) is 1. The molecule has 0 saturated carbocycles. The number of aryl methyl sites for hydroxylation is 1. The Morgan fingerprint density at radius 1 is 0.967 bits per heavy atom. The van der Waals surface area contributed by atoms with E-state index >= 15 is 0 Å². The number of sulfonamides is 1. The Bertz CT molecular complexity index is 935. The van der Waals surface area contributed by atoms with E-state index in [1.54, 1.807) is 29.2 Å². The second-order valence-corrected chi connectivity index (χ2v) is 10.2. The molecule has 1 saturated heterocycles. The summed E-state index contributed by atoms with van der Waals surface area (Å²) >= 11 is 0. The monoisotopic (exact) mass is 430 g/mol. The number of amides is 1. The van der Waals surface area contributed by atoms with Crippen molar-refractivity contribution >= 4 is 15.9 Å². The lowest BCUT2D eigenvalue weighted by Gasteiger charge is -2.34. The minimum absolute atomic E-state index is 0.0592. The fraction of sp³-hybridized carbons (Fsp3) is 0.435. The van der Waals surface area contributed by atoms with Crippen LogP contribution in [-0.4, -0.2) is 56.3 Å². The number of benzene rings is 2. The molecular weight excluding hydrogens is 398 g/mol. The molecule has 2 N–H and O–H groups in total. The lowest BCUT2D eigenvalue weighted by atomic mass is 9.96. The van der Waals surface area contributed by atoms with Crippen LogP contribution in [0, 0.1) is 12.8 Å². The minimum atomic E-state index is -3.51. The lowest BCUT2D eigenvalue weighted by molar-refractivity contribution is -0.692. The third-order valence-corrected chi connectivity index (χ3v) is 7.61. The quantitative estimate of drug-likeness (QED) is 0.728. The highest BCUT2D eigenvalue weighted by molar-refractivity contribution is 7.89. The molecule has 0 radical (unpaired) electrons. The van der Waals surface area contributed by atoms with E-state index in [0.717, 1.165) is 5.56 Å². The summed E-state index contributed by atoms with van der Waals surface area (Å²) in [6, 6.07) is 17.4. The van der Waals surface area contributed by atoms with Crippen molar-refractivity contribution in [3.05, 3.63) is 65.7 Å². The van der Waals surface area contributed by atoms with E-state index in [4.69, 9.17) is 0 Å². The number of nitrogens with zero attached hydrogens (tertiary/aromatic N) is 2. The van der Waals surface area contributed by atoms with Crippen molar-refractivity contribution in [2.75, 3.05) is 32.7 Å². The van der Waals surface area contributed by atoms with E-state index in [2.05, 4.69) is 31.3 Å². The van der Waals surface area contributed by atoms with Gasteiger partial charge in [-0.1, -0.05) is 61.9 Å². The van der Waals surface area contributed by atoms with E-state index in [9.17, 15) is 13.2 Å². The highest BCUT2D eigenvalue weighted by Crippen LogP contribution is 2.19. The van der Waals surface area contributed by atoms with Crippen LogP contribution in [0.5, 0.6) is 0 Å². The molecule has 0 spiro atoms. The predicted octanol–water partition coefficient (Wildman–Crippen LogP) is 1.79. The molecule has 1 aliphatic rings. The first-order valence-corrected chi connectivity index (χ1v) is 12.0. The maximum Gasteiger partial charge on any atom is 0.277 e. The van der Waals surface area contributed by atoms with Crippen molar-refractivity contribution in [2.45, 2.75) is 31.7 Å². The normalized spacial score (nSPS) is 16.6. The summed E-state index contributed by atoms with van der Waals surface area (Å²) in [5, 5.41) is 2.09. The van der Waals surface area contributed by atoms with Gasteiger partial charge < -0.3 is 10.2 Å². The van der Waals surface area contributed by atoms with Gasteiger partial charge in [0, 0.05) is 37.7 Å². The highest BCUT2D eigenvalue weighted by Gasteiger charge is 2.31. The van der Waals surface area contributed by atoms with Gasteiger partial charge in [-0.2, -0.15) is 4.31 Å². The third-order valence-electron chi connectivity index (χ3n) is 5.70. The molecule has 0 unspecified atom stereocenters. The SMILES string of the molecule is Cc1ccc(S(=O)(=O)N2CCN(C(=O)C[NH2+][C@@H](c3ccccc3)C(C)C)CC2)cc1. The van der Waals surface area contributed by atoms with Gasteiger partial charge in [0.15, 0.2) is 6.54 Å². The Morgan fingerprint density at radius 2 is 1.57 bits per heavy atom. The standard InChI is InChI=1S/C23H31N3O3S/c1-18(2)23(20-7-5-4-6-8-20)24-17-22(27)25-13-15-26(16-14-25)30(28,29)21-11-9-19(3)10-12-21/h4-12,18,23-24H,13-17H2,1-3H3/p+1/t23-/m1/s1. The van der Waals surface area contributed by atoms with E-state index in [-0.39, 0.29) is 11.9 Å². The maximum absolute atomic E-state index is 12.8. The maximum atomic E-state index is 12.8. The van der Waals surface area contributed by atoms with Gasteiger partial charge in [-0.15, -0.1) is 0 Å². The van der Waals surface area contributed by atoms with Crippen molar-refractivity contribution in [2.24, 2.45) is 5.92 Å². The molecule has 2 aromatic rings. The Hall–Kier alpha value is -2.22. The summed E-state index contributed by atoms with van der Waals surface area (Å²) in [5.41, 5.74) is 2.24. The van der Waals surface area contributed by atoms with E-state index in [1.807, 2.05) is 25.1 Å². The molecule has 30 heavy (non-hydrogen) atoms. The number of hydrogen-bond acceptors (Lipinski definition) is 3. The third kappa shape index (κ3) is 5.28. The van der Waals surface area contributed by atoms with Gasteiger partial charge >= 0.3 is 0 Å². The minimum Gasteiger partial charge on any atom is -0.335 e. The van der Waals surface area contributed by atoms with E-state index in [0.29, 0.717) is 43.5 Å². The number of quaternary nitrogens is 1. The van der Waals surface area contributed by atoms with Crippen LogP contribution in [0.25, 0.3) is 0 Å². The average molecular weight is 431 g/mol. The summed E-state index contributed by atoms with van der Waals surface area (Å²) in [5.74, 6) is 0.459. The summed E-state index contributed by atoms with van der Waals surface area (Å²) < 4.78 is 27.2. The first-order valence-electron chi connectivity index (χ1n) is 10.5. The smallest absolute Gasteiger partial charge is 0.277 e. The number of rotatable bonds is 7. The van der Waals surface area contributed by atoms with Crippen LogP contribution in [0.4, 0.5) is 0 Å². The molecule has 1 aliphatic heterocycles. The van der Waals surface area contributed by atoms with Crippen LogP contribution >= 0.6 is 0 Å². The number of piperazine rings is 1. The molecule has 0 aliphatic carbocycles. The average Bonchev–Trinajstić information content (AvgIpc) is 2.74. The second kappa shape index (κ2) is 9.73. The Balaban J connectivity index is 1.55. The number of carbonyl (C=O) groups is 1. The number of hydrogen-bond donors (Lipinski definition) is 1. The zero-order valence-electron chi connectivity index (χ0n) is 18.0. The molecule has 162 valence electrons. The van der Waals surface area contributed by atoms with Crippen LogP contribution in [0.2, 0.25) is 0 Å². The first-order chi connectivity index (χ1) is 14.3. The van der Waals surface area contributed by atoms with Gasteiger partial charge in [0.05, 0.1) is 4.90 Å². The summed E-state index contributed by atoms with van der Waals surface area (Å²) in [7, 11) is -3.51. The lowest BCUT2D eigenvalue weighted by Crippen LogP contribution is -2.88. The van der Waals surface area contributed by atoms with E-state index < -0.39 is 10.0 Å². The molecule has 0 bridgehead atoms. The largest absolute Gasteiger partial charge is 0.335 e. The molecule has 7 heteroatoms. The summed E-state index contributed by atoms with van der Waals surface area (Å²) in [4.78, 5) is 14.8. The van der Waals surface area contributed by atoms with Crippen molar-refractivity contribution in [1.29, 1.82) is 0 Å². The summed E-state index contributed by atoms with van der Waals surface area (Å²) in [6.45, 7) is 8.12. The van der Waals surface area contributed by atoms with Gasteiger partial charge in [-0.25, -0.2) is 8.42 Å². The molecule has 1 amide bonds. The highest BCUT2D eigenvalue weighted by atomic mass is 32.2. The van der Waals surface area contributed by atoms with Crippen molar-refractivity contribution < 1.29 is 18.5 Å². The molecule has 1 fully saturated rings. The molecular formula is C23H32N3O3S+. The van der Waals surface area contributed by atoms with Gasteiger partial charge in [-0.05, 0) is 19.1 Å². The van der Waals surface area contributed by atoms with Crippen LogP contribution in [0.3, 0.4) is 0 Å². The Morgan fingerprint density at radius 3 is 2.13 bits per heavy atom. The fourth-order valence-corrected chi connectivity index (χ4v) is 5.28. The van der Waals surface area contributed by atoms with Crippen LogP contribution in [-0.2, 0) is 14.8 Å². The van der Waals surface area contributed by atoms with Crippen molar-refractivity contribution in [1.82, 2.24) is 9.21 Å². The molecule has 3 rings (SSSR count). The Labute approximate surface area is 179 Å². The van der Waals surface area contributed by atoms with Gasteiger partial charge in [0.25, 0.3) is 5.91 Å². The van der Waals surface area contributed by atoms with Crippen molar-refractivity contribution in [3.63, 3.8) is 0 Å². The van der Waals surface area contributed by atoms with E-state index in [1.165, 1.54) is 9.87 Å². The van der Waals surface area contributed by atoms with Gasteiger partial charge in [0.1, 0.15) is 6.04 Å². The van der Waals surface area contributed by atoms with Gasteiger partial charge in [-0.3, -0.25) is 4.79 Å². The fourth-order valence-electron chi connectivity index (χ4n) is 3.86. The second-order valence-electron chi connectivity index (χ2n) is 8.22. The zero-order valence-corrected chi connectivity index (χ0v) is 18.8. The molecule has 1 atom stereocenters. The topological polar surface area (TPSA) is 74.3 Å². The van der Waals surface area contributed by atoms with Crippen LogP contribution in [0.1, 0.15) is 31.0 Å². The molecule has 0 aromatic heterocycles. The molecule has 1 heterocycles. The Kier molecular flexibility index (Phi) is 7.28. The zero-order chi connectivity index (χ0) is 21.7. The first kappa shape index (κ1) is 22.5.